The molecule has 0 N–H and O–H groups in total. The van der Waals surface area contributed by atoms with Gasteiger partial charge in [-0.25, -0.2) is 0 Å². The Kier molecular flexibility index (Phi) is 1960. The normalized spacial score (nSPS) is 1.43. The first-order chi connectivity index (χ1) is 2.00. The molecule has 0 aliphatic heterocycles. The predicted octanol–water partition coefficient (Wildman–Crippen LogP) is 0.332. The molecule has 0 nitrogen and oxygen atoms in total. The predicted molar refractivity (Wildman–Crippen MR) is 35.0 cm³/mol. The van der Waals surface area contributed by atoms with E-state index in [1.54, 1.807) is 0 Å². The minimum absolute atomic E-state index is 0. The number of hydrogen-bond donors (Lipinski definition) is 0. The molecule has 0 aromatic rings. The van der Waals surface area contributed by atoms with E-state index in [4.69, 9.17) is 0 Å². The van der Waals surface area contributed by atoms with Crippen molar-refractivity contribution in [2.45, 2.75) is 13.8 Å². The summed E-state index contributed by atoms with van der Waals surface area (Å²) in [7, 11) is 8.00. The molecule has 0 spiro atoms. The third-order valence-corrected chi connectivity index (χ3v) is 0. The molecule has 0 heterocycles. The fourth-order valence-electron chi connectivity index (χ4n) is 0. The largest absolute Gasteiger partial charge is 0.358 e. The Morgan fingerprint density at radius 1 is 1.00 bits per heavy atom. The summed E-state index contributed by atoms with van der Waals surface area (Å²) in [6.45, 7) is 4.00. The molecule has 0 amide bonds. The van der Waals surface area contributed by atoms with Crippen molar-refractivity contribution in [2.75, 3.05) is 0 Å². The van der Waals surface area contributed by atoms with E-state index in [2.05, 4.69) is 15.5 Å². The molecule has 0 atom stereocenters. The Labute approximate surface area is 66.5 Å². The molecule has 7 heavy (non-hydrogen) atoms. The van der Waals surface area contributed by atoms with Crippen LogP contribution in [0.4, 0.5) is 0 Å². The van der Waals surface area contributed by atoms with Gasteiger partial charge in [0.2, 0.25) is 0 Å². The van der Waals surface area contributed by atoms with E-state index < -0.39 is 0 Å². The van der Waals surface area contributed by atoms with Gasteiger partial charge in [0, 0.05) is 45.0 Å². The first-order valence-electron chi connectivity index (χ1n) is 1.33. The maximum absolute atomic E-state index is 4.00. The second-order valence-electron chi connectivity index (χ2n) is 0. The van der Waals surface area contributed by atoms with Gasteiger partial charge < -0.3 is 7.43 Å². The van der Waals surface area contributed by atoms with Crippen molar-refractivity contribution in [2.24, 2.45) is 0 Å². The maximum atomic E-state index is 4.00. The van der Waals surface area contributed by atoms with Crippen molar-refractivity contribution in [3.63, 3.8) is 0 Å². The van der Waals surface area contributed by atoms with Gasteiger partial charge in [-0.3, -0.25) is 0 Å². The molecule has 0 bridgehead atoms. The molecule has 37 valence electrons. The van der Waals surface area contributed by atoms with Crippen molar-refractivity contribution in [3.8, 4) is 0 Å². The molecular weight excluding hydrogens is 252 g/mol. The second kappa shape index (κ2) is 305. The maximum Gasteiger partial charge on any atom is 0 e. The molecule has 0 aliphatic carbocycles. The van der Waals surface area contributed by atoms with Gasteiger partial charge in [-0.05, 0) is 0 Å². The van der Waals surface area contributed by atoms with Gasteiger partial charge in [0.25, 0.3) is 0 Å². The summed E-state index contributed by atoms with van der Waals surface area (Å²) >= 11 is 0. The third kappa shape index (κ3) is 210. The Hall–Kier alpha value is 0.883. The summed E-state index contributed by atoms with van der Waals surface area (Å²) in [6.07, 6.45) is 0. The smallest absolute Gasteiger partial charge is 0 e. The zero-order chi connectivity index (χ0) is 4.00. The Balaban J connectivity index is -0.00000000267. The van der Waals surface area contributed by atoms with E-state index in [1.165, 1.54) is 0 Å². The first kappa shape index (κ1) is 44.9. The molecule has 0 fully saturated rings. The van der Waals surface area contributed by atoms with Crippen molar-refractivity contribution in [1.82, 2.24) is 0 Å². The van der Waals surface area contributed by atoms with Crippen molar-refractivity contribution >= 4 is 23.9 Å². The van der Waals surface area contributed by atoms with Gasteiger partial charge in [-0.2, -0.15) is 0 Å². The second-order valence-corrected chi connectivity index (χ2v) is 0. The van der Waals surface area contributed by atoms with Gasteiger partial charge in [0.05, 0.1) is 0 Å². The average Bonchev–Trinajstić information content (AvgIpc) is 1.50. The summed E-state index contributed by atoms with van der Waals surface area (Å²) in [5, 5.41) is 0. The van der Waals surface area contributed by atoms with E-state index in [-0.39, 0.29) is 36.9 Å². The van der Waals surface area contributed by atoms with Crippen LogP contribution in [-0.4, -0.2) is 23.9 Å². The number of rotatable bonds is 0. The summed E-state index contributed by atoms with van der Waals surface area (Å²) in [5.74, 6) is 0. The molecule has 0 unspecified atom stereocenters. The van der Waals surface area contributed by atoms with Crippen LogP contribution in [0.2, 0.25) is 0 Å². The number of hydrogen-bond acceptors (Lipinski definition) is 0. The minimum atomic E-state index is 0. The van der Waals surface area contributed by atoms with Gasteiger partial charge in [0.15, 0.2) is 0 Å². The van der Waals surface area contributed by atoms with Crippen molar-refractivity contribution < 1.29 is 21.1 Å². The third-order valence-electron chi connectivity index (χ3n) is 0. The zero-order valence-electron chi connectivity index (χ0n) is 5.14. The van der Waals surface area contributed by atoms with E-state index in [9.17, 15) is 0 Å². The monoisotopic (exact) mass is 262 g/mol. The molecule has 0 saturated carbocycles. The topological polar surface area (TPSA) is 0 Å². The van der Waals surface area contributed by atoms with Crippen LogP contribution in [0.3, 0.4) is 0 Å². The molecule has 0 aromatic heterocycles. The van der Waals surface area contributed by atoms with Gasteiger partial charge in [-0.1, -0.05) is 13.8 Å². The van der Waals surface area contributed by atoms with Crippen molar-refractivity contribution in [3.05, 3.63) is 7.43 Å². The Bertz CT molecular complexity index is 10.1. The SMILES string of the molecule is CC.[B].[B][B].[CH3-].[W]. The van der Waals surface area contributed by atoms with Gasteiger partial charge in [-0.15, -0.1) is 0 Å². The molecule has 7 radical (unpaired) electrons. The van der Waals surface area contributed by atoms with E-state index in [0.29, 0.717) is 0 Å². The molecule has 0 saturated heterocycles. The van der Waals surface area contributed by atoms with Gasteiger partial charge in [0.1, 0.15) is 0 Å². The van der Waals surface area contributed by atoms with Crippen LogP contribution in [0.15, 0.2) is 0 Å². The zero-order valence-corrected chi connectivity index (χ0v) is 8.07. The Morgan fingerprint density at radius 3 is 1.00 bits per heavy atom. The average molecular weight is 261 g/mol. The minimum Gasteiger partial charge on any atom is -0.358 e. The standard InChI is InChI=1S/C2H6.CH3.B2.B.W/c1-2;;1-2;;/h1-2H3;1H3;;;/q;-1;;;. The summed E-state index contributed by atoms with van der Waals surface area (Å²) < 4.78 is 0. The molecule has 0 rings (SSSR count). The van der Waals surface area contributed by atoms with Crippen LogP contribution < -0.4 is 0 Å². The fourth-order valence-corrected chi connectivity index (χ4v) is 0. The first-order valence-corrected chi connectivity index (χ1v) is 1.33. The molecule has 4 heteroatoms. The Morgan fingerprint density at radius 2 is 1.00 bits per heavy atom. The summed E-state index contributed by atoms with van der Waals surface area (Å²) in [5.41, 5.74) is 0. The molecule has 0 aromatic carbocycles. The van der Waals surface area contributed by atoms with Crippen LogP contribution in [0, 0.1) is 7.43 Å². The summed E-state index contributed by atoms with van der Waals surface area (Å²) in [4.78, 5) is 0. The van der Waals surface area contributed by atoms with Crippen LogP contribution >= 0.6 is 0 Å². The fraction of sp³-hybridized carbons (Fsp3) is 0.667. The quantitative estimate of drug-likeness (QED) is 0.435. The van der Waals surface area contributed by atoms with E-state index in [0.717, 1.165) is 0 Å². The van der Waals surface area contributed by atoms with E-state index in [1.807, 2.05) is 13.8 Å². The molecule has 0 aliphatic rings. The van der Waals surface area contributed by atoms with Crippen LogP contribution in [0.1, 0.15) is 13.8 Å². The van der Waals surface area contributed by atoms with Crippen molar-refractivity contribution in [1.29, 1.82) is 0 Å². The van der Waals surface area contributed by atoms with E-state index >= 15 is 0 Å². The van der Waals surface area contributed by atoms with Gasteiger partial charge >= 0.3 is 0 Å². The summed E-state index contributed by atoms with van der Waals surface area (Å²) in [6, 6.07) is 0. The molecular formula is C3H9B3W-. The van der Waals surface area contributed by atoms with Crippen LogP contribution in [0.25, 0.3) is 0 Å². The van der Waals surface area contributed by atoms with Crippen LogP contribution in [-0.2, 0) is 21.1 Å². The van der Waals surface area contributed by atoms with Crippen LogP contribution in [0.5, 0.6) is 0 Å².